The van der Waals surface area contributed by atoms with Gasteiger partial charge < -0.3 is 9.32 Å². The highest BCUT2D eigenvalue weighted by Gasteiger charge is 2.46. The van der Waals surface area contributed by atoms with E-state index in [0.717, 1.165) is 61.3 Å². The molecule has 2 heteroatoms. The standard InChI is InChI=1S/C65H43NO/c1-3-21-48(22-4-1)65(49-23-5-2-6-24-49)59-32-12-9-27-54(59)55-41-40-51(43-60(55)65)66(61-33-13-10-28-56(61)57-31-17-35-63-64(57)58-29-11-14-34-62(58)67-63)50-25-15-20-47(42-50)44-36-38-46(39-37-44)53-30-16-19-45-18-7-8-26-52(45)53/h1-43H. The maximum atomic E-state index is 6.48. The van der Waals surface area contributed by atoms with Crippen molar-refractivity contribution >= 4 is 49.8 Å². The van der Waals surface area contributed by atoms with Gasteiger partial charge in [0.05, 0.1) is 11.1 Å². The molecule has 1 aliphatic carbocycles. The molecular formula is C65H43NO. The SMILES string of the molecule is c1ccc(C2(c3ccccc3)c3ccccc3-c3ccc(N(c4cccc(-c5ccc(-c6cccc7ccccc67)cc5)c4)c4ccccc4-c4cccc5oc6ccccc6c45)cc32)cc1. The van der Waals surface area contributed by atoms with Gasteiger partial charge in [0, 0.05) is 27.7 Å². The third kappa shape index (κ3) is 6.18. The average Bonchev–Trinajstić information content (AvgIpc) is 3.93. The van der Waals surface area contributed by atoms with Gasteiger partial charge in [-0.15, -0.1) is 0 Å². The highest BCUT2D eigenvalue weighted by molar-refractivity contribution is 6.14. The molecule has 0 saturated heterocycles. The summed E-state index contributed by atoms with van der Waals surface area (Å²) in [6.07, 6.45) is 0. The third-order valence-electron chi connectivity index (χ3n) is 14.0. The summed E-state index contributed by atoms with van der Waals surface area (Å²) in [6, 6.07) is 95.1. The van der Waals surface area contributed by atoms with E-state index in [1.165, 1.54) is 55.3 Å². The van der Waals surface area contributed by atoms with Crippen molar-refractivity contribution in [3.8, 4) is 44.5 Å². The Morgan fingerprint density at radius 1 is 0.313 bits per heavy atom. The van der Waals surface area contributed by atoms with Crippen LogP contribution in [-0.2, 0) is 5.41 Å². The predicted octanol–water partition coefficient (Wildman–Crippen LogP) is 17.6. The second-order valence-electron chi connectivity index (χ2n) is 17.5. The van der Waals surface area contributed by atoms with Gasteiger partial charge in [0.1, 0.15) is 11.2 Å². The van der Waals surface area contributed by atoms with E-state index in [-0.39, 0.29) is 0 Å². The zero-order valence-electron chi connectivity index (χ0n) is 36.7. The summed E-state index contributed by atoms with van der Waals surface area (Å²) in [5, 5.41) is 4.72. The molecule has 0 bridgehead atoms. The van der Waals surface area contributed by atoms with Crippen molar-refractivity contribution in [2.75, 3.05) is 4.90 Å². The second kappa shape index (κ2) is 15.8. The summed E-state index contributed by atoms with van der Waals surface area (Å²) in [5.41, 5.74) is 18.9. The molecule has 12 aromatic rings. The molecule has 13 rings (SSSR count). The van der Waals surface area contributed by atoms with E-state index in [9.17, 15) is 0 Å². The van der Waals surface area contributed by atoms with Crippen molar-refractivity contribution < 1.29 is 4.42 Å². The van der Waals surface area contributed by atoms with Crippen molar-refractivity contribution in [1.82, 2.24) is 0 Å². The van der Waals surface area contributed by atoms with Crippen molar-refractivity contribution in [1.29, 1.82) is 0 Å². The van der Waals surface area contributed by atoms with Gasteiger partial charge in [-0.2, -0.15) is 0 Å². The number of anilines is 3. The Hall–Kier alpha value is -8.72. The first-order valence-corrected chi connectivity index (χ1v) is 23.1. The topological polar surface area (TPSA) is 16.4 Å². The predicted molar refractivity (Wildman–Crippen MR) is 280 cm³/mol. The minimum Gasteiger partial charge on any atom is -0.456 e. The number of hydrogen-bond acceptors (Lipinski definition) is 2. The molecule has 0 spiro atoms. The van der Waals surface area contributed by atoms with Gasteiger partial charge in [-0.05, 0) is 114 Å². The maximum Gasteiger partial charge on any atom is 0.136 e. The van der Waals surface area contributed by atoms with E-state index in [1.54, 1.807) is 0 Å². The second-order valence-corrected chi connectivity index (χ2v) is 17.5. The average molecular weight is 854 g/mol. The van der Waals surface area contributed by atoms with Crippen LogP contribution >= 0.6 is 0 Å². The molecular weight excluding hydrogens is 811 g/mol. The van der Waals surface area contributed by atoms with Crippen LogP contribution in [0.3, 0.4) is 0 Å². The van der Waals surface area contributed by atoms with Crippen LogP contribution < -0.4 is 4.90 Å². The van der Waals surface area contributed by atoms with Crippen LogP contribution in [0.15, 0.2) is 265 Å². The molecule has 1 aromatic heterocycles. The number of benzene rings is 11. The Morgan fingerprint density at radius 2 is 0.881 bits per heavy atom. The molecule has 0 saturated carbocycles. The number of fused-ring (bicyclic) bond motifs is 7. The van der Waals surface area contributed by atoms with Crippen LogP contribution in [0.5, 0.6) is 0 Å². The van der Waals surface area contributed by atoms with E-state index in [4.69, 9.17) is 4.42 Å². The minimum atomic E-state index is -0.551. The minimum absolute atomic E-state index is 0.551. The molecule has 1 heterocycles. The van der Waals surface area contributed by atoms with Crippen molar-refractivity contribution in [3.05, 3.63) is 283 Å². The molecule has 0 radical (unpaired) electrons. The van der Waals surface area contributed by atoms with Gasteiger partial charge in [-0.3, -0.25) is 0 Å². The van der Waals surface area contributed by atoms with Crippen LogP contribution in [0, 0.1) is 0 Å². The van der Waals surface area contributed by atoms with Crippen LogP contribution in [0.4, 0.5) is 17.1 Å². The van der Waals surface area contributed by atoms with Crippen LogP contribution in [-0.4, -0.2) is 0 Å². The molecule has 314 valence electrons. The smallest absolute Gasteiger partial charge is 0.136 e. The van der Waals surface area contributed by atoms with Crippen LogP contribution in [0.1, 0.15) is 22.3 Å². The number of para-hydroxylation sites is 2. The summed E-state index contributed by atoms with van der Waals surface area (Å²) >= 11 is 0. The molecule has 0 atom stereocenters. The largest absolute Gasteiger partial charge is 0.456 e. The Bertz CT molecular complexity index is 3760. The Kier molecular flexibility index (Phi) is 9.11. The number of furan rings is 1. The van der Waals surface area contributed by atoms with Gasteiger partial charge in [-0.25, -0.2) is 0 Å². The van der Waals surface area contributed by atoms with E-state index in [1.807, 2.05) is 6.07 Å². The number of nitrogens with zero attached hydrogens (tertiary/aromatic N) is 1. The fourth-order valence-electron chi connectivity index (χ4n) is 11.0. The van der Waals surface area contributed by atoms with Gasteiger partial charge in [0.2, 0.25) is 0 Å². The van der Waals surface area contributed by atoms with E-state index < -0.39 is 5.41 Å². The van der Waals surface area contributed by atoms with E-state index in [0.29, 0.717) is 0 Å². The summed E-state index contributed by atoms with van der Waals surface area (Å²) in [7, 11) is 0. The molecule has 0 fully saturated rings. The summed E-state index contributed by atoms with van der Waals surface area (Å²) in [4.78, 5) is 2.47. The Balaban J connectivity index is 1.03. The molecule has 0 unspecified atom stereocenters. The monoisotopic (exact) mass is 853 g/mol. The summed E-state index contributed by atoms with van der Waals surface area (Å²) in [5.74, 6) is 0. The Labute approximate surface area is 390 Å². The lowest BCUT2D eigenvalue weighted by molar-refractivity contribution is 0.669. The van der Waals surface area contributed by atoms with Crippen molar-refractivity contribution in [3.63, 3.8) is 0 Å². The molecule has 11 aromatic carbocycles. The van der Waals surface area contributed by atoms with Gasteiger partial charge in [0.25, 0.3) is 0 Å². The first kappa shape index (κ1) is 38.7. The molecule has 0 N–H and O–H groups in total. The molecule has 0 aliphatic heterocycles. The summed E-state index contributed by atoms with van der Waals surface area (Å²) in [6.45, 7) is 0. The highest BCUT2D eigenvalue weighted by Crippen LogP contribution is 2.57. The zero-order valence-corrected chi connectivity index (χ0v) is 36.7. The fraction of sp³-hybridized carbons (Fsp3) is 0.0154. The normalized spacial score (nSPS) is 12.6. The third-order valence-corrected chi connectivity index (χ3v) is 14.0. The van der Waals surface area contributed by atoms with Crippen molar-refractivity contribution in [2.45, 2.75) is 5.41 Å². The molecule has 2 nitrogen and oxygen atoms in total. The van der Waals surface area contributed by atoms with E-state index >= 15 is 0 Å². The molecule has 0 amide bonds. The first-order valence-electron chi connectivity index (χ1n) is 23.1. The fourth-order valence-corrected chi connectivity index (χ4v) is 11.0. The Morgan fingerprint density at radius 3 is 1.70 bits per heavy atom. The lowest BCUT2D eigenvalue weighted by atomic mass is 9.67. The lowest BCUT2D eigenvalue weighted by Crippen LogP contribution is -2.28. The maximum absolute atomic E-state index is 6.48. The lowest BCUT2D eigenvalue weighted by Gasteiger charge is -2.35. The van der Waals surface area contributed by atoms with Crippen LogP contribution in [0.25, 0.3) is 77.2 Å². The van der Waals surface area contributed by atoms with Gasteiger partial charge in [-0.1, -0.05) is 218 Å². The van der Waals surface area contributed by atoms with Gasteiger partial charge >= 0.3 is 0 Å². The number of hydrogen-bond donors (Lipinski definition) is 0. The first-order chi connectivity index (χ1) is 33.2. The van der Waals surface area contributed by atoms with Crippen molar-refractivity contribution in [2.24, 2.45) is 0 Å². The summed E-state index contributed by atoms with van der Waals surface area (Å²) < 4.78 is 6.48. The highest BCUT2D eigenvalue weighted by atomic mass is 16.3. The number of rotatable bonds is 8. The van der Waals surface area contributed by atoms with Gasteiger partial charge in [0.15, 0.2) is 0 Å². The molecule has 1 aliphatic rings. The zero-order chi connectivity index (χ0) is 44.3. The quantitative estimate of drug-likeness (QED) is 0.151. The molecule has 67 heavy (non-hydrogen) atoms. The van der Waals surface area contributed by atoms with Crippen LogP contribution in [0.2, 0.25) is 0 Å². The van der Waals surface area contributed by atoms with E-state index in [2.05, 4.69) is 260 Å².